The molecule has 2 N–H and O–H groups in total. The van der Waals surface area contributed by atoms with E-state index in [9.17, 15) is 0 Å². The number of hydrogen-bond donors (Lipinski definition) is 1. The zero-order valence-corrected chi connectivity index (χ0v) is 11.1. The van der Waals surface area contributed by atoms with Crippen LogP contribution in [0.3, 0.4) is 0 Å². The Bertz CT molecular complexity index is 565. The quantitative estimate of drug-likeness (QED) is 0.855. The first-order chi connectivity index (χ1) is 8.59. The molecule has 0 amide bonds. The minimum absolute atomic E-state index is 0.257. The van der Waals surface area contributed by atoms with Crippen molar-refractivity contribution in [3.63, 3.8) is 0 Å². The molecule has 2 rings (SSSR count). The monoisotopic (exact) mass is 258 g/mol. The Labute approximate surface area is 111 Å². The SMILES string of the molecule is Cc1ccccc1N(C)c1cnc(C(N)=S)cn1. The molecule has 0 aliphatic rings. The van der Waals surface area contributed by atoms with E-state index in [1.807, 2.05) is 30.1 Å². The average molecular weight is 258 g/mol. The highest BCUT2D eigenvalue weighted by Crippen LogP contribution is 2.24. The van der Waals surface area contributed by atoms with Crippen LogP contribution in [0.25, 0.3) is 0 Å². The Hall–Kier alpha value is -2.01. The number of benzene rings is 1. The molecule has 92 valence electrons. The fourth-order valence-corrected chi connectivity index (χ4v) is 1.79. The number of rotatable bonds is 3. The second kappa shape index (κ2) is 5.10. The fraction of sp³-hybridized carbons (Fsp3) is 0.154. The van der Waals surface area contributed by atoms with Crippen molar-refractivity contribution < 1.29 is 0 Å². The van der Waals surface area contributed by atoms with Crippen LogP contribution in [0.5, 0.6) is 0 Å². The zero-order chi connectivity index (χ0) is 13.1. The number of nitrogens with zero attached hydrogens (tertiary/aromatic N) is 3. The number of thiocarbonyl (C=S) groups is 1. The normalized spacial score (nSPS) is 10.1. The van der Waals surface area contributed by atoms with E-state index in [2.05, 4.69) is 23.0 Å². The summed E-state index contributed by atoms with van der Waals surface area (Å²) in [4.78, 5) is 10.7. The summed E-state index contributed by atoms with van der Waals surface area (Å²) in [5.74, 6) is 0.754. The topological polar surface area (TPSA) is 55.0 Å². The van der Waals surface area contributed by atoms with Crippen molar-refractivity contribution >= 4 is 28.7 Å². The Morgan fingerprint density at radius 2 is 1.94 bits per heavy atom. The smallest absolute Gasteiger partial charge is 0.151 e. The van der Waals surface area contributed by atoms with Gasteiger partial charge in [-0.2, -0.15) is 0 Å². The van der Waals surface area contributed by atoms with Crippen molar-refractivity contribution in [2.24, 2.45) is 5.73 Å². The van der Waals surface area contributed by atoms with Crippen LogP contribution in [0.2, 0.25) is 0 Å². The lowest BCUT2D eigenvalue weighted by molar-refractivity contribution is 1.07. The van der Waals surface area contributed by atoms with E-state index in [1.54, 1.807) is 12.4 Å². The van der Waals surface area contributed by atoms with Gasteiger partial charge in [-0.05, 0) is 18.6 Å². The van der Waals surface area contributed by atoms with E-state index < -0.39 is 0 Å². The third-order valence-corrected chi connectivity index (χ3v) is 2.92. The summed E-state index contributed by atoms with van der Waals surface area (Å²) in [5.41, 5.74) is 8.30. The van der Waals surface area contributed by atoms with E-state index in [-0.39, 0.29) is 4.99 Å². The van der Waals surface area contributed by atoms with Gasteiger partial charge in [0.15, 0.2) is 5.82 Å². The molecule has 0 fully saturated rings. The maximum absolute atomic E-state index is 5.49. The molecule has 0 atom stereocenters. The van der Waals surface area contributed by atoms with Crippen molar-refractivity contribution in [1.82, 2.24) is 9.97 Å². The minimum atomic E-state index is 0.257. The summed E-state index contributed by atoms with van der Waals surface area (Å²) in [6, 6.07) is 8.10. The molecule has 0 spiro atoms. The van der Waals surface area contributed by atoms with Crippen LogP contribution in [0.1, 0.15) is 11.3 Å². The van der Waals surface area contributed by atoms with Crippen molar-refractivity contribution in [1.29, 1.82) is 0 Å². The molecule has 0 aliphatic heterocycles. The number of hydrogen-bond acceptors (Lipinski definition) is 4. The van der Waals surface area contributed by atoms with Gasteiger partial charge in [-0.25, -0.2) is 9.97 Å². The van der Waals surface area contributed by atoms with Crippen LogP contribution < -0.4 is 10.6 Å². The minimum Gasteiger partial charge on any atom is -0.388 e. The molecule has 0 radical (unpaired) electrons. The second-order valence-electron chi connectivity index (χ2n) is 3.97. The molecule has 1 heterocycles. The summed E-state index contributed by atoms with van der Waals surface area (Å²) in [6.07, 6.45) is 3.26. The molecule has 0 unspecified atom stereocenters. The summed E-state index contributed by atoms with van der Waals surface area (Å²) in [6.45, 7) is 2.06. The van der Waals surface area contributed by atoms with Crippen LogP contribution in [-0.4, -0.2) is 22.0 Å². The first kappa shape index (κ1) is 12.4. The van der Waals surface area contributed by atoms with Crippen molar-refractivity contribution in [3.8, 4) is 0 Å². The maximum Gasteiger partial charge on any atom is 0.151 e. The zero-order valence-electron chi connectivity index (χ0n) is 10.3. The molecular formula is C13H14N4S. The van der Waals surface area contributed by atoms with E-state index >= 15 is 0 Å². The predicted octanol–water partition coefficient (Wildman–Crippen LogP) is 2.19. The Kier molecular flexibility index (Phi) is 3.53. The number of aromatic nitrogens is 2. The Morgan fingerprint density at radius 1 is 1.22 bits per heavy atom. The molecule has 4 nitrogen and oxygen atoms in total. The summed E-state index contributed by atoms with van der Waals surface area (Å²) in [7, 11) is 1.95. The maximum atomic E-state index is 5.49. The molecule has 5 heteroatoms. The molecule has 1 aromatic heterocycles. The molecule has 0 saturated heterocycles. The number of nitrogens with two attached hydrogens (primary N) is 1. The van der Waals surface area contributed by atoms with Gasteiger partial charge in [0.2, 0.25) is 0 Å². The highest BCUT2D eigenvalue weighted by Gasteiger charge is 2.08. The van der Waals surface area contributed by atoms with Crippen molar-refractivity contribution in [2.75, 3.05) is 11.9 Å². The molecule has 18 heavy (non-hydrogen) atoms. The van der Waals surface area contributed by atoms with Crippen LogP contribution in [0.15, 0.2) is 36.7 Å². The number of aryl methyl sites for hydroxylation is 1. The fourth-order valence-electron chi connectivity index (χ4n) is 1.68. The van der Waals surface area contributed by atoms with Gasteiger partial charge in [0.25, 0.3) is 0 Å². The summed E-state index contributed by atoms with van der Waals surface area (Å²) < 4.78 is 0. The largest absolute Gasteiger partial charge is 0.388 e. The lowest BCUT2D eigenvalue weighted by Crippen LogP contribution is -2.16. The lowest BCUT2D eigenvalue weighted by atomic mass is 10.2. The van der Waals surface area contributed by atoms with Gasteiger partial charge in [0.05, 0.1) is 12.4 Å². The van der Waals surface area contributed by atoms with Crippen molar-refractivity contribution in [3.05, 3.63) is 47.9 Å². The Morgan fingerprint density at radius 3 is 2.50 bits per heavy atom. The highest BCUT2D eigenvalue weighted by atomic mass is 32.1. The second-order valence-corrected chi connectivity index (χ2v) is 4.41. The molecule has 0 bridgehead atoms. The first-order valence-corrected chi connectivity index (χ1v) is 5.91. The van der Waals surface area contributed by atoms with Crippen LogP contribution >= 0.6 is 12.2 Å². The van der Waals surface area contributed by atoms with Gasteiger partial charge in [-0.15, -0.1) is 0 Å². The van der Waals surface area contributed by atoms with Gasteiger partial charge in [0, 0.05) is 12.7 Å². The van der Waals surface area contributed by atoms with E-state index in [1.165, 1.54) is 5.56 Å². The number of anilines is 2. The molecule has 0 saturated carbocycles. The van der Waals surface area contributed by atoms with Crippen LogP contribution in [0, 0.1) is 6.92 Å². The van der Waals surface area contributed by atoms with Crippen LogP contribution in [-0.2, 0) is 0 Å². The highest BCUT2D eigenvalue weighted by molar-refractivity contribution is 7.80. The molecule has 0 aliphatic carbocycles. The van der Waals surface area contributed by atoms with Gasteiger partial charge in [-0.3, -0.25) is 0 Å². The molecule has 1 aromatic carbocycles. The Balaban J connectivity index is 2.32. The van der Waals surface area contributed by atoms with Gasteiger partial charge >= 0.3 is 0 Å². The van der Waals surface area contributed by atoms with Gasteiger partial charge in [0.1, 0.15) is 10.7 Å². The van der Waals surface area contributed by atoms with Gasteiger partial charge in [-0.1, -0.05) is 30.4 Å². The first-order valence-electron chi connectivity index (χ1n) is 5.51. The number of para-hydroxylation sites is 1. The average Bonchev–Trinajstić information content (AvgIpc) is 2.38. The lowest BCUT2D eigenvalue weighted by Gasteiger charge is -2.20. The predicted molar refractivity (Wildman–Crippen MR) is 77.2 cm³/mol. The van der Waals surface area contributed by atoms with E-state index in [0.29, 0.717) is 5.69 Å². The molecule has 2 aromatic rings. The standard InChI is InChI=1S/C13H14N4S/c1-9-5-3-4-6-11(9)17(2)12-8-15-10(7-16-12)13(14)18/h3-8H,1-2H3,(H2,14,18). The van der Waals surface area contributed by atoms with Crippen molar-refractivity contribution in [2.45, 2.75) is 6.92 Å². The third-order valence-electron chi connectivity index (χ3n) is 2.71. The summed E-state index contributed by atoms with van der Waals surface area (Å²) >= 11 is 4.85. The third kappa shape index (κ3) is 2.46. The van der Waals surface area contributed by atoms with Crippen LogP contribution in [0.4, 0.5) is 11.5 Å². The summed E-state index contributed by atoms with van der Waals surface area (Å²) in [5, 5.41) is 0. The molecular weight excluding hydrogens is 244 g/mol. The van der Waals surface area contributed by atoms with Gasteiger partial charge < -0.3 is 10.6 Å². The van der Waals surface area contributed by atoms with E-state index in [4.69, 9.17) is 18.0 Å². The van der Waals surface area contributed by atoms with E-state index in [0.717, 1.165) is 11.5 Å².